The van der Waals surface area contributed by atoms with Crippen molar-refractivity contribution in [2.45, 2.75) is 33.9 Å². The fourth-order valence-electron chi connectivity index (χ4n) is 1.88. The molecule has 2 rings (SSSR count). The molecule has 6 heteroatoms. The number of carboxylic acid groups (broad SMARTS) is 1. The average Bonchev–Trinajstić information content (AvgIpc) is 2.87. The number of aromatic carboxylic acids is 1. The predicted octanol–water partition coefficient (Wildman–Crippen LogP) is 2.18. The largest absolute Gasteiger partial charge is 0.475 e. The molecule has 0 aliphatic carbocycles. The molecule has 0 aliphatic heterocycles. The number of carbonyl (C=O) groups is 1. The first-order chi connectivity index (χ1) is 8.99. The Morgan fingerprint density at radius 2 is 2.05 bits per heavy atom. The molecule has 0 aromatic carbocycles. The Bertz CT molecular complexity index is 578. The van der Waals surface area contributed by atoms with Crippen LogP contribution in [0.25, 0.3) is 0 Å². The molecule has 0 saturated heterocycles. The third-order valence-electron chi connectivity index (χ3n) is 3.03. The van der Waals surface area contributed by atoms with Gasteiger partial charge in [0.05, 0.1) is 5.69 Å². The van der Waals surface area contributed by atoms with Gasteiger partial charge in [-0.25, -0.2) is 4.79 Å². The predicted molar refractivity (Wildman–Crippen MR) is 66.9 cm³/mol. The van der Waals surface area contributed by atoms with Crippen LogP contribution < -0.4 is 5.32 Å². The molecule has 0 atom stereocenters. The van der Waals surface area contributed by atoms with Gasteiger partial charge < -0.3 is 19.4 Å². The molecule has 2 aromatic heterocycles. The molecule has 0 amide bonds. The van der Waals surface area contributed by atoms with Gasteiger partial charge in [0.25, 0.3) is 0 Å². The first-order valence-electron chi connectivity index (χ1n) is 5.94. The summed E-state index contributed by atoms with van der Waals surface area (Å²) in [7, 11) is 0. The summed E-state index contributed by atoms with van der Waals surface area (Å²) < 4.78 is 10.2. The van der Waals surface area contributed by atoms with E-state index in [9.17, 15) is 4.79 Å². The van der Waals surface area contributed by atoms with E-state index in [2.05, 4.69) is 10.5 Å². The average molecular weight is 264 g/mol. The summed E-state index contributed by atoms with van der Waals surface area (Å²) in [5.41, 5.74) is 2.73. The van der Waals surface area contributed by atoms with Crippen molar-refractivity contribution >= 4 is 5.97 Å². The van der Waals surface area contributed by atoms with Gasteiger partial charge in [0.2, 0.25) is 5.76 Å². The van der Waals surface area contributed by atoms with Crippen LogP contribution in [0.1, 0.15) is 38.9 Å². The maximum atomic E-state index is 10.8. The van der Waals surface area contributed by atoms with E-state index in [0.717, 1.165) is 22.6 Å². The lowest BCUT2D eigenvalue weighted by Crippen LogP contribution is -2.13. The van der Waals surface area contributed by atoms with E-state index in [4.69, 9.17) is 14.0 Å². The quantitative estimate of drug-likeness (QED) is 0.860. The monoisotopic (exact) mass is 264 g/mol. The van der Waals surface area contributed by atoms with Gasteiger partial charge in [-0.2, -0.15) is 0 Å². The minimum Gasteiger partial charge on any atom is -0.475 e. The van der Waals surface area contributed by atoms with Gasteiger partial charge in [-0.05, 0) is 26.8 Å². The summed E-state index contributed by atoms with van der Waals surface area (Å²) in [6, 6.07) is 1.54. The number of nitrogens with one attached hydrogen (secondary N) is 1. The van der Waals surface area contributed by atoms with Gasteiger partial charge >= 0.3 is 5.97 Å². The molecule has 2 N–H and O–H groups in total. The molecule has 0 fully saturated rings. The summed E-state index contributed by atoms with van der Waals surface area (Å²) in [4.78, 5) is 10.8. The van der Waals surface area contributed by atoms with Crippen molar-refractivity contribution in [2.24, 2.45) is 0 Å². The highest BCUT2D eigenvalue weighted by molar-refractivity contribution is 5.84. The molecule has 0 saturated carbocycles. The van der Waals surface area contributed by atoms with Crippen LogP contribution in [0.2, 0.25) is 0 Å². The van der Waals surface area contributed by atoms with Gasteiger partial charge in [-0.3, -0.25) is 0 Å². The fourth-order valence-corrected chi connectivity index (χ4v) is 1.88. The maximum Gasteiger partial charge on any atom is 0.371 e. The van der Waals surface area contributed by atoms with E-state index in [-0.39, 0.29) is 5.76 Å². The standard InChI is InChI=1S/C13H16N2O4/c1-7-11(9(3)19-15-7)6-14-5-10-4-12(13(16)17)18-8(10)2/h4,14H,5-6H2,1-3H3,(H,16,17). The minimum absolute atomic E-state index is 0.0355. The molecule has 2 heterocycles. The van der Waals surface area contributed by atoms with E-state index < -0.39 is 5.97 Å². The Kier molecular flexibility index (Phi) is 3.71. The summed E-state index contributed by atoms with van der Waals surface area (Å²) >= 11 is 0. The normalized spacial score (nSPS) is 10.9. The zero-order chi connectivity index (χ0) is 14.0. The number of hydrogen-bond acceptors (Lipinski definition) is 5. The zero-order valence-electron chi connectivity index (χ0n) is 11.1. The Morgan fingerprint density at radius 1 is 1.32 bits per heavy atom. The maximum absolute atomic E-state index is 10.8. The van der Waals surface area contributed by atoms with Crippen LogP contribution in [0.15, 0.2) is 15.0 Å². The Balaban J connectivity index is 1.98. The summed E-state index contributed by atoms with van der Waals surface area (Å²) in [6.07, 6.45) is 0. The van der Waals surface area contributed by atoms with Crippen LogP contribution in [0.5, 0.6) is 0 Å². The van der Waals surface area contributed by atoms with E-state index >= 15 is 0 Å². The van der Waals surface area contributed by atoms with Crippen LogP contribution >= 0.6 is 0 Å². The van der Waals surface area contributed by atoms with E-state index in [1.165, 1.54) is 6.07 Å². The molecule has 0 radical (unpaired) electrons. The minimum atomic E-state index is -1.06. The zero-order valence-corrected chi connectivity index (χ0v) is 11.1. The van der Waals surface area contributed by atoms with Gasteiger partial charge in [0, 0.05) is 24.2 Å². The SMILES string of the molecule is Cc1noc(C)c1CNCc1cc(C(=O)O)oc1C. The number of nitrogens with zero attached hydrogens (tertiary/aromatic N) is 1. The van der Waals surface area contributed by atoms with Crippen molar-refractivity contribution in [3.05, 3.63) is 40.2 Å². The van der Waals surface area contributed by atoms with E-state index in [0.29, 0.717) is 18.8 Å². The van der Waals surface area contributed by atoms with Crippen LogP contribution in [0.3, 0.4) is 0 Å². The number of carboxylic acids is 1. The number of furan rings is 1. The lowest BCUT2D eigenvalue weighted by Gasteiger charge is -2.03. The van der Waals surface area contributed by atoms with Crippen molar-refractivity contribution in [3.63, 3.8) is 0 Å². The summed E-state index contributed by atoms with van der Waals surface area (Å²) in [6.45, 7) is 6.65. The third kappa shape index (κ3) is 2.85. The molecule has 0 unspecified atom stereocenters. The second-order valence-corrected chi connectivity index (χ2v) is 4.40. The molecular formula is C13H16N2O4. The number of hydrogen-bond donors (Lipinski definition) is 2. The van der Waals surface area contributed by atoms with Gasteiger partial charge in [0.1, 0.15) is 11.5 Å². The summed E-state index contributed by atoms with van der Waals surface area (Å²) in [5.74, 6) is 0.315. The van der Waals surface area contributed by atoms with Gasteiger partial charge in [-0.1, -0.05) is 5.16 Å². The van der Waals surface area contributed by atoms with Crippen molar-refractivity contribution < 1.29 is 18.8 Å². The molecule has 102 valence electrons. The molecule has 0 spiro atoms. The fraction of sp³-hybridized carbons (Fsp3) is 0.385. The summed E-state index contributed by atoms with van der Waals surface area (Å²) in [5, 5.41) is 15.9. The lowest BCUT2D eigenvalue weighted by molar-refractivity contribution is 0.0661. The van der Waals surface area contributed by atoms with Crippen LogP contribution in [0, 0.1) is 20.8 Å². The van der Waals surface area contributed by atoms with E-state index in [1.54, 1.807) is 6.92 Å². The second kappa shape index (κ2) is 5.27. The number of aryl methyl sites for hydroxylation is 3. The first-order valence-corrected chi connectivity index (χ1v) is 5.94. The highest BCUT2D eigenvalue weighted by Crippen LogP contribution is 2.16. The van der Waals surface area contributed by atoms with Crippen LogP contribution in [-0.2, 0) is 13.1 Å². The van der Waals surface area contributed by atoms with Gasteiger partial charge in [-0.15, -0.1) is 0 Å². The van der Waals surface area contributed by atoms with Crippen LogP contribution in [0.4, 0.5) is 0 Å². The smallest absolute Gasteiger partial charge is 0.371 e. The van der Waals surface area contributed by atoms with Crippen molar-refractivity contribution in [3.8, 4) is 0 Å². The molecule has 2 aromatic rings. The van der Waals surface area contributed by atoms with Gasteiger partial charge in [0.15, 0.2) is 0 Å². The van der Waals surface area contributed by atoms with Crippen molar-refractivity contribution in [1.82, 2.24) is 10.5 Å². The Hall–Kier alpha value is -2.08. The number of rotatable bonds is 5. The Morgan fingerprint density at radius 3 is 2.58 bits per heavy atom. The highest BCUT2D eigenvalue weighted by Gasteiger charge is 2.13. The molecule has 0 aliphatic rings. The topological polar surface area (TPSA) is 88.5 Å². The molecule has 0 bridgehead atoms. The lowest BCUT2D eigenvalue weighted by atomic mass is 10.2. The molecule has 19 heavy (non-hydrogen) atoms. The van der Waals surface area contributed by atoms with Crippen LogP contribution in [-0.4, -0.2) is 16.2 Å². The first kappa shape index (κ1) is 13.4. The molecular weight excluding hydrogens is 248 g/mol. The highest BCUT2D eigenvalue weighted by atomic mass is 16.5. The van der Waals surface area contributed by atoms with Crippen molar-refractivity contribution in [2.75, 3.05) is 0 Å². The Labute approximate surface area is 110 Å². The van der Waals surface area contributed by atoms with Crippen molar-refractivity contribution in [1.29, 1.82) is 0 Å². The number of aromatic nitrogens is 1. The third-order valence-corrected chi connectivity index (χ3v) is 3.03. The second-order valence-electron chi connectivity index (χ2n) is 4.40. The van der Waals surface area contributed by atoms with E-state index in [1.807, 2.05) is 13.8 Å². The molecule has 6 nitrogen and oxygen atoms in total.